The largest absolute Gasteiger partial charge is 0.443 e. The molecule has 132 valence electrons. The molecule has 3 rings (SSSR count). The summed E-state index contributed by atoms with van der Waals surface area (Å²) >= 11 is 0. The van der Waals surface area contributed by atoms with E-state index in [1.165, 1.54) is 0 Å². The Morgan fingerprint density at radius 2 is 2.00 bits per heavy atom. The van der Waals surface area contributed by atoms with Crippen molar-refractivity contribution in [1.82, 2.24) is 4.98 Å². The minimum absolute atomic E-state index is 0.0854. The smallest absolute Gasteiger partial charge is 0.415 e. The summed E-state index contributed by atoms with van der Waals surface area (Å²) in [5, 5.41) is 0. The van der Waals surface area contributed by atoms with Crippen molar-refractivity contribution < 1.29 is 14.3 Å². The highest BCUT2D eigenvalue weighted by atomic mass is 16.6. The Labute approximate surface area is 148 Å². The number of benzene rings is 1. The molecular weight excluding hydrogens is 316 g/mol. The van der Waals surface area contributed by atoms with Gasteiger partial charge >= 0.3 is 6.09 Å². The average molecular weight is 340 g/mol. The molecule has 2 heterocycles. The van der Waals surface area contributed by atoms with Gasteiger partial charge < -0.3 is 9.47 Å². The number of fused-ring (bicyclic) bond motifs is 1. The predicted octanol–water partition coefficient (Wildman–Crippen LogP) is 3.96. The SMILES string of the molecule is CC(C)(C)OC(=O)N1c2cnccc2C[C@@H]1COCc1ccccc1. The van der Waals surface area contributed by atoms with Crippen molar-refractivity contribution in [3.8, 4) is 0 Å². The zero-order chi connectivity index (χ0) is 17.9. The fraction of sp³-hybridized carbons (Fsp3) is 0.400. The number of carbonyl (C=O) groups is 1. The van der Waals surface area contributed by atoms with E-state index in [9.17, 15) is 4.79 Å². The summed E-state index contributed by atoms with van der Waals surface area (Å²) in [6.07, 6.45) is 3.86. The van der Waals surface area contributed by atoms with Gasteiger partial charge in [-0.2, -0.15) is 0 Å². The summed E-state index contributed by atoms with van der Waals surface area (Å²) in [5.41, 5.74) is 2.47. The van der Waals surface area contributed by atoms with E-state index in [2.05, 4.69) is 4.98 Å². The highest BCUT2D eigenvalue weighted by molar-refractivity contribution is 5.91. The lowest BCUT2D eigenvalue weighted by molar-refractivity contribution is 0.0522. The van der Waals surface area contributed by atoms with Crippen molar-refractivity contribution in [1.29, 1.82) is 0 Å². The molecule has 5 nitrogen and oxygen atoms in total. The van der Waals surface area contributed by atoms with Crippen LogP contribution in [-0.2, 0) is 22.5 Å². The second-order valence-electron chi connectivity index (χ2n) is 7.21. The Bertz CT molecular complexity index is 725. The topological polar surface area (TPSA) is 51.7 Å². The number of nitrogens with zero attached hydrogens (tertiary/aromatic N) is 2. The van der Waals surface area contributed by atoms with Gasteiger partial charge in [-0.25, -0.2) is 4.79 Å². The van der Waals surface area contributed by atoms with E-state index < -0.39 is 5.60 Å². The summed E-state index contributed by atoms with van der Waals surface area (Å²) in [5.74, 6) is 0. The number of carbonyl (C=O) groups excluding carboxylic acids is 1. The van der Waals surface area contributed by atoms with Gasteiger partial charge in [0.15, 0.2) is 0 Å². The van der Waals surface area contributed by atoms with Crippen LogP contribution in [0.4, 0.5) is 10.5 Å². The Morgan fingerprint density at radius 1 is 1.24 bits per heavy atom. The summed E-state index contributed by atoms with van der Waals surface area (Å²) in [6.45, 7) is 6.57. The molecule has 0 fully saturated rings. The first-order valence-electron chi connectivity index (χ1n) is 8.51. The van der Waals surface area contributed by atoms with Gasteiger partial charge in [0.05, 0.1) is 31.1 Å². The van der Waals surface area contributed by atoms with Crippen molar-refractivity contribution in [2.45, 2.75) is 45.4 Å². The van der Waals surface area contributed by atoms with Crippen LogP contribution in [-0.4, -0.2) is 29.3 Å². The maximum atomic E-state index is 12.7. The summed E-state index contributed by atoms with van der Waals surface area (Å²) in [4.78, 5) is 18.5. The molecule has 0 saturated heterocycles. The van der Waals surface area contributed by atoms with Crippen LogP contribution in [0.15, 0.2) is 48.8 Å². The molecule has 25 heavy (non-hydrogen) atoms. The van der Waals surface area contributed by atoms with E-state index in [4.69, 9.17) is 9.47 Å². The van der Waals surface area contributed by atoms with E-state index in [-0.39, 0.29) is 12.1 Å². The first kappa shape index (κ1) is 17.4. The highest BCUT2D eigenvalue weighted by Crippen LogP contribution is 2.32. The molecular formula is C20H24N2O3. The zero-order valence-corrected chi connectivity index (χ0v) is 14.9. The first-order valence-corrected chi connectivity index (χ1v) is 8.51. The number of ether oxygens (including phenoxy) is 2. The average Bonchev–Trinajstić information content (AvgIpc) is 2.92. The van der Waals surface area contributed by atoms with E-state index in [0.717, 1.165) is 23.2 Å². The Morgan fingerprint density at radius 3 is 2.72 bits per heavy atom. The van der Waals surface area contributed by atoms with E-state index in [1.807, 2.05) is 57.2 Å². The fourth-order valence-corrected chi connectivity index (χ4v) is 2.93. The number of rotatable bonds is 4. The second-order valence-corrected chi connectivity index (χ2v) is 7.21. The first-order chi connectivity index (χ1) is 11.9. The van der Waals surface area contributed by atoms with Gasteiger partial charge in [-0.05, 0) is 44.4 Å². The van der Waals surface area contributed by atoms with Gasteiger partial charge in [-0.15, -0.1) is 0 Å². The Balaban J connectivity index is 1.70. The number of hydrogen-bond acceptors (Lipinski definition) is 4. The fourth-order valence-electron chi connectivity index (χ4n) is 2.93. The van der Waals surface area contributed by atoms with Gasteiger partial charge in [0.1, 0.15) is 5.60 Å². The number of hydrogen-bond donors (Lipinski definition) is 0. The van der Waals surface area contributed by atoms with Crippen molar-refractivity contribution in [3.63, 3.8) is 0 Å². The molecule has 5 heteroatoms. The van der Waals surface area contributed by atoms with Crippen LogP contribution in [0.3, 0.4) is 0 Å². The van der Waals surface area contributed by atoms with Gasteiger partial charge in [-0.1, -0.05) is 30.3 Å². The van der Waals surface area contributed by atoms with E-state index in [0.29, 0.717) is 13.2 Å². The molecule has 0 unspecified atom stereocenters. The van der Waals surface area contributed by atoms with Crippen LogP contribution < -0.4 is 4.90 Å². The molecule has 1 amide bonds. The number of pyridine rings is 1. The predicted molar refractivity (Wildman–Crippen MR) is 96.5 cm³/mol. The maximum absolute atomic E-state index is 12.7. The number of anilines is 1. The van der Waals surface area contributed by atoms with Crippen LogP contribution in [0, 0.1) is 0 Å². The molecule has 0 spiro atoms. The minimum atomic E-state index is -0.544. The van der Waals surface area contributed by atoms with Crippen molar-refractivity contribution in [2.24, 2.45) is 0 Å². The van der Waals surface area contributed by atoms with Crippen molar-refractivity contribution in [3.05, 3.63) is 59.9 Å². The molecule has 1 aromatic heterocycles. The summed E-state index contributed by atoms with van der Waals surface area (Å²) in [7, 11) is 0. The quantitative estimate of drug-likeness (QED) is 0.845. The zero-order valence-electron chi connectivity index (χ0n) is 14.9. The van der Waals surface area contributed by atoms with E-state index in [1.54, 1.807) is 17.3 Å². The molecule has 0 aliphatic carbocycles. The van der Waals surface area contributed by atoms with Gasteiger partial charge in [0.25, 0.3) is 0 Å². The summed E-state index contributed by atoms with van der Waals surface area (Å²) < 4.78 is 11.5. The Hall–Kier alpha value is -2.40. The lowest BCUT2D eigenvalue weighted by atomic mass is 10.1. The second kappa shape index (κ2) is 7.23. The van der Waals surface area contributed by atoms with Gasteiger partial charge in [0.2, 0.25) is 0 Å². The monoisotopic (exact) mass is 340 g/mol. The molecule has 0 N–H and O–H groups in total. The van der Waals surface area contributed by atoms with Crippen LogP contribution in [0.25, 0.3) is 0 Å². The standard InChI is InChI=1S/C20H24N2O3/c1-20(2,3)25-19(23)22-17(11-16-9-10-21-12-18(16)22)14-24-13-15-7-5-4-6-8-15/h4-10,12,17H,11,13-14H2,1-3H3/t17-/m1/s1. The number of aromatic nitrogens is 1. The minimum Gasteiger partial charge on any atom is -0.443 e. The van der Waals surface area contributed by atoms with Crippen LogP contribution in [0.5, 0.6) is 0 Å². The van der Waals surface area contributed by atoms with Crippen molar-refractivity contribution in [2.75, 3.05) is 11.5 Å². The molecule has 1 aromatic carbocycles. The molecule has 0 bridgehead atoms. The van der Waals surface area contributed by atoms with Gasteiger partial charge in [0, 0.05) is 6.20 Å². The molecule has 1 atom stereocenters. The normalized spacial score (nSPS) is 16.6. The number of amides is 1. The molecule has 1 aliphatic heterocycles. The third kappa shape index (κ3) is 4.37. The molecule has 2 aromatic rings. The molecule has 1 aliphatic rings. The maximum Gasteiger partial charge on any atom is 0.415 e. The Kier molecular flexibility index (Phi) is 5.04. The van der Waals surface area contributed by atoms with Crippen LogP contribution in [0.2, 0.25) is 0 Å². The van der Waals surface area contributed by atoms with Crippen molar-refractivity contribution >= 4 is 11.8 Å². The van der Waals surface area contributed by atoms with Crippen LogP contribution >= 0.6 is 0 Å². The lowest BCUT2D eigenvalue weighted by Crippen LogP contribution is -2.43. The highest BCUT2D eigenvalue weighted by Gasteiger charge is 2.36. The molecule has 0 radical (unpaired) electrons. The lowest BCUT2D eigenvalue weighted by Gasteiger charge is -2.29. The molecule has 0 saturated carbocycles. The van der Waals surface area contributed by atoms with E-state index >= 15 is 0 Å². The summed E-state index contributed by atoms with van der Waals surface area (Å²) in [6, 6.07) is 11.9. The third-order valence-electron chi connectivity index (χ3n) is 3.98. The van der Waals surface area contributed by atoms with Gasteiger partial charge in [-0.3, -0.25) is 9.88 Å². The van der Waals surface area contributed by atoms with Crippen LogP contribution in [0.1, 0.15) is 31.9 Å². The third-order valence-corrected chi connectivity index (χ3v) is 3.98.